The maximum absolute atomic E-state index is 12.0. The molecule has 0 saturated carbocycles. The number of carboxylic acids is 1. The Balaban J connectivity index is 2.13. The molecular formula is C15H15N2O4S-. The topological polar surface area (TPSA) is 82.0 Å². The molecule has 2 rings (SSSR count). The van der Waals surface area contributed by atoms with E-state index in [1.807, 2.05) is 0 Å². The summed E-state index contributed by atoms with van der Waals surface area (Å²) in [6.07, 6.45) is 0.737. The molecule has 0 aliphatic carbocycles. The quantitative estimate of drug-likeness (QED) is 0.764. The lowest BCUT2D eigenvalue weighted by atomic mass is 10.2. The van der Waals surface area contributed by atoms with Crippen LogP contribution < -0.4 is 9.84 Å². The molecule has 22 heavy (non-hydrogen) atoms. The molecule has 1 aliphatic rings. The van der Waals surface area contributed by atoms with E-state index in [-0.39, 0.29) is 5.91 Å². The van der Waals surface area contributed by atoms with Crippen LogP contribution in [0.3, 0.4) is 0 Å². The summed E-state index contributed by atoms with van der Waals surface area (Å²) in [5.74, 6) is -0.942. The molecule has 1 aromatic carbocycles. The van der Waals surface area contributed by atoms with E-state index in [9.17, 15) is 14.7 Å². The van der Waals surface area contributed by atoms with Gasteiger partial charge in [0, 0.05) is 14.1 Å². The number of carbonyl (C=O) groups is 2. The van der Waals surface area contributed by atoms with E-state index in [1.165, 1.54) is 23.6 Å². The number of carboxylic acid groups (broad SMARTS) is 1. The Hall–Kier alpha value is -2.28. The number of likely N-dealkylation sites (N-methyl/N-ethyl adjacent to an activating group) is 1. The highest BCUT2D eigenvalue weighted by atomic mass is 32.2. The van der Waals surface area contributed by atoms with Gasteiger partial charge in [-0.1, -0.05) is 12.1 Å². The van der Waals surface area contributed by atoms with E-state index in [2.05, 4.69) is 4.99 Å². The van der Waals surface area contributed by atoms with E-state index in [4.69, 9.17) is 4.74 Å². The SMILES string of the molecule is CN=C1S/C(=C/c2ccc(O[C@@H](C)C(=O)[O-])cc2)C(=O)N1C. The van der Waals surface area contributed by atoms with Crippen LogP contribution in [0.5, 0.6) is 5.75 Å². The molecule has 7 heteroatoms. The minimum Gasteiger partial charge on any atom is -0.546 e. The maximum Gasteiger partial charge on any atom is 0.266 e. The summed E-state index contributed by atoms with van der Waals surface area (Å²) in [6, 6.07) is 6.79. The van der Waals surface area contributed by atoms with Gasteiger partial charge in [0.15, 0.2) is 5.17 Å². The van der Waals surface area contributed by atoms with Gasteiger partial charge in [-0.25, -0.2) is 0 Å². The molecule has 1 atom stereocenters. The zero-order valence-electron chi connectivity index (χ0n) is 12.4. The van der Waals surface area contributed by atoms with Gasteiger partial charge in [0.05, 0.1) is 10.9 Å². The van der Waals surface area contributed by atoms with Crippen LogP contribution in [0.4, 0.5) is 0 Å². The fourth-order valence-corrected chi connectivity index (χ4v) is 2.72. The van der Waals surface area contributed by atoms with Crippen molar-refractivity contribution >= 4 is 34.9 Å². The molecule has 1 aromatic rings. The Bertz CT molecular complexity index is 652. The van der Waals surface area contributed by atoms with Crippen LogP contribution in [0, 0.1) is 0 Å². The van der Waals surface area contributed by atoms with Gasteiger partial charge in [-0.05, 0) is 42.5 Å². The smallest absolute Gasteiger partial charge is 0.266 e. The number of ether oxygens (including phenoxy) is 1. The molecule has 0 spiro atoms. The van der Waals surface area contributed by atoms with E-state index in [0.29, 0.717) is 15.8 Å². The van der Waals surface area contributed by atoms with E-state index in [0.717, 1.165) is 5.56 Å². The number of hydrogen-bond acceptors (Lipinski definition) is 6. The fraction of sp³-hybridized carbons (Fsp3) is 0.267. The third-order valence-electron chi connectivity index (χ3n) is 3.02. The summed E-state index contributed by atoms with van der Waals surface area (Å²) >= 11 is 1.31. The molecule has 116 valence electrons. The van der Waals surface area contributed by atoms with Crippen molar-refractivity contribution in [3.63, 3.8) is 0 Å². The van der Waals surface area contributed by atoms with Gasteiger partial charge in [-0.2, -0.15) is 0 Å². The van der Waals surface area contributed by atoms with Gasteiger partial charge in [-0.3, -0.25) is 14.7 Å². The van der Waals surface area contributed by atoms with Crippen LogP contribution in [-0.2, 0) is 9.59 Å². The van der Waals surface area contributed by atoms with Gasteiger partial charge in [-0.15, -0.1) is 0 Å². The molecule has 0 bridgehead atoms. The molecule has 6 nitrogen and oxygen atoms in total. The Morgan fingerprint density at radius 3 is 2.55 bits per heavy atom. The number of rotatable bonds is 4. The molecule has 1 saturated heterocycles. The normalized spacial score (nSPS) is 19.8. The third-order valence-corrected chi connectivity index (χ3v) is 4.17. The Morgan fingerprint density at radius 2 is 2.05 bits per heavy atom. The van der Waals surface area contributed by atoms with Gasteiger partial charge < -0.3 is 14.6 Å². The second-order valence-corrected chi connectivity index (χ2v) is 5.64. The Labute approximate surface area is 132 Å². The van der Waals surface area contributed by atoms with Crippen LogP contribution >= 0.6 is 11.8 Å². The maximum atomic E-state index is 12.0. The van der Waals surface area contributed by atoms with Crippen molar-refractivity contribution in [1.82, 2.24) is 4.90 Å². The zero-order valence-corrected chi connectivity index (χ0v) is 13.2. The summed E-state index contributed by atoms with van der Waals surface area (Å²) in [4.78, 5) is 28.8. The van der Waals surface area contributed by atoms with E-state index >= 15 is 0 Å². The summed E-state index contributed by atoms with van der Waals surface area (Å²) in [5, 5.41) is 11.3. The third kappa shape index (κ3) is 3.48. The minimum atomic E-state index is -1.27. The van der Waals surface area contributed by atoms with Crippen LogP contribution in [0.1, 0.15) is 12.5 Å². The molecule has 0 aromatic heterocycles. The van der Waals surface area contributed by atoms with Gasteiger partial charge >= 0.3 is 0 Å². The Kier molecular flexibility index (Phi) is 4.87. The minimum absolute atomic E-state index is 0.100. The molecule has 0 unspecified atom stereocenters. The molecule has 1 amide bonds. The van der Waals surface area contributed by atoms with Crippen LogP contribution in [0.15, 0.2) is 34.2 Å². The van der Waals surface area contributed by atoms with E-state index in [1.54, 1.807) is 44.4 Å². The summed E-state index contributed by atoms with van der Waals surface area (Å²) < 4.78 is 5.19. The second-order valence-electron chi connectivity index (χ2n) is 4.63. The molecule has 0 N–H and O–H groups in total. The van der Waals surface area contributed by atoms with Crippen molar-refractivity contribution in [1.29, 1.82) is 0 Å². The molecular weight excluding hydrogens is 304 g/mol. The Morgan fingerprint density at radius 1 is 1.41 bits per heavy atom. The number of nitrogens with zero attached hydrogens (tertiary/aromatic N) is 2. The van der Waals surface area contributed by atoms with Crippen molar-refractivity contribution in [2.24, 2.45) is 4.99 Å². The predicted molar refractivity (Wildman–Crippen MR) is 83.2 cm³/mol. The van der Waals surface area contributed by atoms with Crippen molar-refractivity contribution in [2.45, 2.75) is 13.0 Å². The van der Waals surface area contributed by atoms with Crippen LogP contribution in [0.25, 0.3) is 6.08 Å². The predicted octanol–water partition coefficient (Wildman–Crippen LogP) is 0.736. The number of carbonyl (C=O) groups excluding carboxylic acids is 2. The number of thioether (sulfide) groups is 1. The first-order chi connectivity index (χ1) is 10.4. The van der Waals surface area contributed by atoms with Gasteiger partial charge in [0.25, 0.3) is 5.91 Å². The number of benzene rings is 1. The van der Waals surface area contributed by atoms with Crippen molar-refractivity contribution in [2.75, 3.05) is 14.1 Å². The number of amidine groups is 1. The summed E-state index contributed by atoms with van der Waals surface area (Å²) in [6.45, 7) is 1.40. The molecule has 1 fully saturated rings. The van der Waals surface area contributed by atoms with Crippen molar-refractivity contribution in [3.8, 4) is 5.75 Å². The number of aliphatic carboxylic acids is 1. The highest BCUT2D eigenvalue weighted by molar-refractivity contribution is 8.18. The van der Waals surface area contributed by atoms with Crippen molar-refractivity contribution < 1.29 is 19.4 Å². The number of aliphatic imine (C=N–C) groups is 1. The van der Waals surface area contributed by atoms with Gasteiger partial charge in [0.1, 0.15) is 11.9 Å². The lowest BCUT2D eigenvalue weighted by Crippen LogP contribution is -2.37. The summed E-state index contributed by atoms with van der Waals surface area (Å²) in [7, 11) is 3.32. The number of amides is 1. The second kappa shape index (κ2) is 6.65. The first-order valence-corrected chi connectivity index (χ1v) is 7.36. The first kappa shape index (κ1) is 16.1. The highest BCUT2D eigenvalue weighted by Crippen LogP contribution is 2.31. The average molecular weight is 319 g/mol. The largest absolute Gasteiger partial charge is 0.546 e. The van der Waals surface area contributed by atoms with Crippen molar-refractivity contribution in [3.05, 3.63) is 34.7 Å². The van der Waals surface area contributed by atoms with Gasteiger partial charge in [0.2, 0.25) is 0 Å². The zero-order chi connectivity index (χ0) is 16.3. The first-order valence-electron chi connectivity index (χ1n) is 6.54. The molecule has 1 aliphatic heterocycles. The number of hydrogen-bond donors (Lipinski definition) is 0. The van der Waals surface area contributed by atoms with Crippen LogP contribution in [-0.4, -0.2) is 42.1 Å². The molecule has 1 heterocycles. The van der Waals surface area contributed by atoms with E-state index < -0.39 is 12.1 Å². The average Bonchev–Trinajstić information content (AvgIpc) is 2.77. The fourth-order valence-electron chi connectivity index (χ4n) is 1.80. The molecule has 0 radical (unpaired) electrons. The summed E-state index contributed by atoms with van der Waals surface area (Å²) in [5.41, 5.74) is 0.815. The standard InChI is InChI=1S/C15H16N2O4S/c1-9(14(19)20)21-11-6-4-10(5-7-11)8-12-13(18)17(3)15(16-2)22-12/h4-9H,1-3H3,(H,19,20)/p-1/b12-8+,16-15?/t9-/m0/s1. The monoisotopic (exact) mass is 319 g/mol. The highest BCUT2D eigenvalue weighted by Gasteiger charge is 2.29. The lowest BCUT2D eigenvalue weighted by molar-refractivity contribution is -0.312. The lowest BCUT2D eigenvalue weighted by Gasteiger charge is -2.15. The van der Waals surface area contributed by atoms with Crippen LogP contribution in [0.2, 0.25) is 0 Å².